The molecule has 0 bridgehead atoms. The van der Waals surface area contributed by atoms with E-state index in [1.807, 2.05) is 0 Å². The summed E-state index contributed by atoms with van der Waals surface area (Å²) >= 11 is 2.34. The third-order valence-corrected chi connectivity index (χ3v) is 5.20. The molecule has 0 spiro atoms. The van der Waals surface area contributed by atoms with Gasteiger partial charge in [0, 0.05) is 0 Å². The second-order valence-electron chi connectivity index (χ2n) is 6.64. The fraction of sp³-hybridized carbons (Fsp3) is 0.182. The van der Waals surface area contributed by atoms with Crippen molar-refractivity contribution in [1.29, 1.82) is 0 Å². The van der Waals surface area contributed by atoms with E-state index in [2.05, 4.69) is 92.2 Å². The molecule has 1 aliphatic carbocycles. The predicted octanol–water partition coefficient (Wildman–Crippen LogP) is 5.83. The Bertz CT molecular complexity index is 929. The van der Waals surface area contributed by atoms with Crippen LogP contribution < -0.4 is 0 Å². The predicted molar refractivity (Wildman–Crippen MR) is 101 cm³/mol. The van der Waals surface area contributed by atoms with Crippen LogP contribution in [0.5, 0.6) is 0 Å². The number of hydrogen-bond donors (Lipinski definition) is 0. The van der Waals surface area contributed by atoms with Crippen LogP contribution in [0.15, 0.2) is 60.2 Å². The van der Waals surface area contributed by atoms with Crippen LogP contribution in [0.3, 0.4) is 0 Å². The zero-order valence-electron chi connectivity index (χ0n) is 14.1. The summed E-state index contributed by atoms with van der Waals surface area (Å²) in [4.78, 5) is 0. The minimum atomic E-state index is 0.545. The molecule has 0 N–H and O–H groups in total. The zero-order valence-corrected chi connectivity index (χ0v) is 14.1. The zero-order chi connectivity index (χ0) is 16.0. The Morgan fingerprint density at radius 1 is 0.957 bits per heavy atom. The molecule has 3 aromatic rings. The second kappa shape index (κ2) is 5.71. The van der Waals surface area contributed by atoms with Crippen LogP contribution in [0.25, 0.3) is 28.0 Å². The van der Waals surface area contributed by atoms with Crippen molar-refractivity contribution in [3.05, 3.63) is 76.9 Å². The van der Waals surface area contributed by atoms with Crippen molar-refractivity contribution in [2.24, 2.45) is 0 Å². The van der Waals surface area contributed by atoms with Gasteiger partial charge in [0.25, 0.3) is 0 Å². The number of fused-ring (bicyclic) bond motifs is 2. The first-order valence-electron chi connectivity index (χ1n) is 8.52. The molecule has 0 saturated carbocycles. The molecule has 0 amide bonds. The SMILES string of the molecule is [Li][CH]1C(CC)=Cc2c(-c3cccc4ccccc34)cc(C)cc21. The van der Waals surface area contributed by atoms with Crippen molar-refractivity contribution < 1.29 is 0 Å². The molecule has 1 heteroatoms. The van der Waals surface area contributed by atoms with E-state index in [0.717, 1.165) is 6.42 Å². The summed E-state index contributed by atoms with van der Waals surface area (Å²) in [7, 11) is 0. The second-order valence-corrected chi connectivity index (χ2v) is 6.64. The normalized spacial score (nSPS) is 16.5. The molecule has 0 aromatic heterocycles. The van der Waals surface area contributed by atoms with E-state index in [9.17, 15) is 0 Å². The Balaban J connectivity index is 2.04. The fourth-order valence-electron chi connectivity index (χ4n) is 3.95. The van der Waals surface area contributed by atoms with Crippen molar-refractivity contribution >= 4 is 34.6 Å². The average Bonchev–Trinajstić information content (AvgIpc) is 2.90. The first kappa shape index (κ1) is 14.8. The van der Waals surface area contributed by atoms with Gasteiger partial charge in [0.1, 0.15) is 0 Å². The van der Waals surface area contributed by atoms with Gasteiger partial charge in [-0.3, -0.25) is 0 Å². The molecule has 1 unspecified atom stereocenters. The van der Waals surface area contributed by atoms with Gasteiger partial charge in [0.15, 0.2) is 0 Å². The average molecular weight is 290 g/mol. The van der Waals surface area contributed by atoms with Gasteiger partial charge in [-0.25, -0.2) is 0 Å². The summed E-state index contributed by atoms with van der Waals surface area (Å²) in [6, 6.07) is 20.0. The number of aryl methyl sites for hydroxylation is 1. The van der Waals surface area contributed by atoms with Crippen LogP contribution in [0.4, 0.5) is 0 Å². The van der Waals surface area contributed by atoms with Crippen molar-refractivity contribution in [3.8, 4) is 11.1 Å². The molecule has 0 saturated heterocycles. The first-order chi connectivity index (χ1) is 11.2. The van der Waals surface area contributed by atoms with Crippen molar-refractivity contribution in [3.63, 3.8) is 0 Å². The fourth-order valence-corrected chi connectivity index (χ4v) is 3.95. The molecular formula is C22H19Li. The Hall–Kier alpha value is -1.74. The molecule has 0 fully saturated rings. The van der Waals surface area contributed by atoms with Crippen LogP contribution in [-0.4, -0.2) is 17.7 Å². The van der Waals surface area contributed by atoms with E-state index in [-0.39, 0.29) is 0 Å². The van der Waals surface area contributed by atoms with Crippen molar-refractivity contribution in [1.82, 2.24) is 0 Å². The maximum absolute atomic E-state index is 2.43. The maximum atomic E-state index is 2.43. The summed E-state index contributed by atoms with van der Waals surface area (Å²) < 4.78 is 0.545. The minimum absolute atomic E-state index is 0.545. The number of hydrogen-bond acceptors (Lipinski definition) is 0. The van der Waals surface area contributed by atoms with Crippen LogP contribution in [0, 0.1) is 6.92 Å². The number of benzene rings is 3. The molecule has 0 aliphatic heterocycles. The van der Waals surface area contributed by atoms with Gasteiger partial charge in [-0.1, -0.05) is 0 Å². The Morgan fingerprint density at radius 3 is 2.57 bits per heavy atom. The molecule has 0 radical (unpaired) electrons. The van der Waals surface area contributed by atoms with Gasteiger partial charge < -0.3 is 0 Å². The summed E-state index contributed by atoms with van der Waals surface area (Å²) in [6.45, 7) is 4.48. The molecule has 4 rings (SSSR count). The quantitative estimate of drug-likeness (QED) is 0.521. The Morgan fingerprint density at radius 2 is 1.74 bits per heavy atom. The summed E-state index contributed by atoms with van der Waals surface area (Å²) in [6.07, 6.45) is 3.56. The van der Waals surface area contributed by atoms with Crippen LogP contribution in [-0.2, 0) is 0 Å². The van der Waals surface area contributed by atoms with Crippen LogP contribution in [0.2, 0.25) is 0 Å². The molecule has 108 valence electrons. The van der Waals surface area contributed by atoms with Gasteiger partial charge in [0.05, 0.1) is 0 Å². The number of rotatable bonds is 2. The third kappa shape index (κ3) is 2.38. The Labute approximate surface area is 147 Å². The monoisotopic (exact) mass is 290 g/mol. The van der Waals surface area contributed by atoms with Crippen molar-refractivity contribution in [2.75, 3.05) is 0 Å². The summed E-state index contributed by atoms with van der Waals surface area (Å²) in [5.41, 5.74) is 8.55. The molecule has 1 atom stereocenters. The van der Waals surface area contributed by atoms with Crippen LogP contribution in [0.1, 0.15) is 34.6 Å². The standard InChI is InChI=1S/C22H19.Li/c1-3-16-13-18-11-15(2)12-22(21(18)14-16)20-10-6-8-17-7-4-5-9-19(17)20;/h4-14H,3H2,1-2H3;. The topological polar surface area (TPSA) is 0 Å². The third-order valence-electron chi connectivity index (χ3n) is 5.20. The molecule has 1 aliphatic rings. The van der Waals surface area contributed by atoms with E-state index in [1.54, 1.807) is 5.57 Å². The first-order valence-corrected chi connectivity index (χ1v) is 8.52. The number of allylic oxidation sites excluding steroid dienone is 1. The van der Waals surface area contributed by atoms with Crippen LogP contribution >= 0.6 is 0 Å². The van der Waals surface area contributed by atoms with E-state index in [1.165, 1.54) is 38.6 Å². The van der Waals surface area contributed by atoms with E-state index in [4.69, 9.17) is 0 Å². The van der Waals surface area contributed by atoms with Gasteiger partial charge in [-0.15, -0.1) is 0 Å². The van der Waals surface area contributed by atoms with E-state index in [0.29, 0.717) is 4.59 Å². The summed E-state index contributed by atoms with van der Waals surface area (Å²) in [5, 5.41) is 2.65. The van der Waals surface area contributed by atoms with Crippen molar-refractivity contribution in [2.45, 2.75) is 24.9 Å². The van der Waals surface area contributed by atoms with Gasteiger partial charge in [-0.05, 0) is 0 Å². The summed E-state index contributed by atoms with van der Waals surface area (Å²) in [5.74, 6) is 0. The van der Waals surface area contributed by atoms with E-state index >= 15 is 0 Å². The molecule has 0 nitrogen and oxygen atoms in total. The molecular weight excluding hydrogens is 271 g/mol. The molecule has 3 aromatic carbocycles. The molecule has 23 heavy (non-hydrogen) atoms. The molecule has 0 heterocycles. The van der Waals surface area contributed by atoms with Gasteiger partial charge in [0.2, 0.25) is 0 Å². The Kier molecular flexibility index (Phi) is 3.68. The van der Waals surface area contributed by atoms with Gasteiger partial charge >= 0.3 is 147 Å². The van der Waals surface area contributed by atoms with Gasteiger partial charge in [-0.2, -0.15) is 0 Å². The van der Waals surface area contributed by atoms with E-state index < -0.39 is 0 Å².